The lowest BCUT2D eigenvalue weighted by Gasteiger charge is -2.42. The number of piperidine rings is 1. The lowest BCUT2D eigenvalue weighted by Crippen LogP contribution is -2.49. The number of morpholine rings is 1. The first-order chi connectivity index (χ1) is 8.07. The van der Waals surface area contributed by atoms with E-state index in [1.54, 1.807) is 0 Å². The first kappa shape index (κ1) is 13.3. The van der Waals surface area contributed by atoms with Gasteiger partial charge in [0.05, 0.1) is 13.2 Å². The Morgan fingerprint density at radius 2 is 2.29 bits per heavy atom. The van der Waals surface area contributed by atoms with Gasteiger partial charge in [0, 0.05) is 25.2 Å². The molecule has 3 heteroatoms. The van der Waals surface area contributed by atoms with E-state index < -0.39 is 0 Å². The molecule has 0 aliphatic carbocycles. The summed E-state index contributed by atoms with van der Waals surface area (Å²) in [5.41, 5.74) is 0.503. The molecule has 0 saturated carbocycles. The summed E-state index contributed by atoms with van der Waals surface area (Å²) in [5.74, 6) is 0. The van der Waals surface area contributed by atoms with Crippen molar-refractivity contribution in [1.29, 1.82) is 0 Å². The number of nitrogens with zero attached hydrogens (tertiary/aromatic N) is 1. The maximum absolute atomic E-state index is 5.53. The van der Waals surface area contributed by atoms with Crippen LogP contribution in [0.1, 0.15) is 40.0 Å². The average Bonchev–Trinajstić information content (AvgIpc) is 2.29. The molecule has 17 heavy (non-hydrogen) atoms. The van der Waals surface area contributed by atoms with E-state index in [0.717, 1.165) is 19.8 Å². The molecule has 2 heterocycles. The van der Waals surface area contributed by atoms with Crippen LogP contribution in [0.3, 0.4) is 0 Å². The lowest BCUT2D eigenvalue weighted by molar-refractivity contribution is 0.0436. The van der Waals surface area contributed by atoms with Crippen molar-refractivity contribution in [3.05, 3.63) is 0 Å². The predicted octanol–water partition coefficient (Wildman–Crippen LogP) is 1.88. The average molecular weight is 240 g/mol. The van der Waals surface area contributed by atoms with Crippen LogP contribution in [0.5, 0.6) is 0 Å². The summed E-state index contributed by atoms with van der Waals surface area (Å²) >= 11 is 0. The Morgan fingerprint density at radius 1 is 1.47 bits per heavy atom. The molecule has 2 aliphatic rings. The smallest absolute Gasteiger partial charge is 0.0620 e. The summed E-state index contributed by atoms with van der Waals surface area (Å²) in [4.78, 5) is 2.67. The van der Waals surface area contributed by atoms with E-state index in [-0.39, 0.29) is 0 Å². The van der Waals surface area contributed by atoms with Crippen molar-refractivity contribution in [3.8, 4) is 0 Å². The van der Waals surface area contributed by atoms with Gasteiger partial charge in [-0.05, 0) is 38.1 Å². The molecule has 0 bridgehead atoms. The van der Waals surface area contributed by atoms with Crippen molar-refractivity contribution < 1.29 is 4.74 Å². The fourth-order valence-electron chi connectivity index (χ4n) is 3.18. The van der Waals surface area contributed by atoms with Crippen LogP contribution in [0.25, 0.3) is 0 Å². The minimum atomic E-state index is 0.503. The third-order valence-electron chi connectivity index (χ3n) is 4.18. The number of rotatable bonds is 3. The molecule has 2 aliphatic heterocycles. The van der Waals surface area contributed by atoms with Gasteiger partial charge >= 0.3 is 0 Å². The van der Waals surface area contributed by atoms with Crippen LogP contribution in [-0.4, -0.2) is 49.8 Å². The molecule has 2 saturated heterocycles. The Morgan fingerprint density at radius 3 is 2.94 bits per heavy atom. The molecule has 2 rings (SSSR count). The second kappa shape index (κ2) is 5.68. The summed E-state index contributed by atoms with van der Waals surface area (Å²) in [5, 5.41) is 3.56. The molecule has 2 unspecified atom stereocenters. The van der Waals surface area contributed by atoms with Gasteiger partial charge in [-0.25, -0.2) is 0 Å². The Kier molecular flexibility index (Phi) is 4.45. The first-order valence-electron chi connectivity index (χ1n) is 7.12. The van der Waals surface area contributed by atoms with Crippen LogP contribution in [0.15, 0.2) is 0 Å². The highest BCUT2D eigenvalue weighted by atomic mass is 16.5. The molecule has 2 atom stereocenters. The van der Waals surface area contributed by atoms with E-state index in [2.05, 4.69) is 31.0 Å². The minimum Gasteiger partial charge on any atom is -0.379 e. The van der Waals surface area contributed by atoms with E-state index in [0.29, 0.717) is 17.5 Å². The van der Waals surface area contributed by atoms with E-state index in [9.17, 15) is 0 Å². The van der Waals surface area contributed by atoms with Crippen molar-refractivity contribution in [2.24, 2.45) is 5.41 Å². The van der Waals surface area contributed by atoms with Crippen LogP contribution in [0, 0.1) is 5.41 Å². The molecule has 100 valence electrons. The summed E-state index contributed by atoms with van der Waals surface area (Å²) in [6, 6.07) is 1.23. The molecular formula is C14H28N2O. The quantitative estimate of drug-likeness (QED) is 0.815. The topological polar surface area (TPSA) is 24.5 Å². The monoisotopic (exact) mass is 240 g/mol. The van der Waals surface area contributed by atoms with Crippen molar-refractivity contribution >= 4 is 0 Å². The van der Waals surface area contributed by atoms with Crippen LogP contribution in [0.2, 0.25) is 0 Å². The van der Waals surface area contributed by atoms with Crippen molar-refractivity contribution in [2.45, 2.75) is 52.1 Å². The van der Waals surface area contributed by atoms with E-state index in [1.807, 2.05) is 0 Å². The van der Waals surface area contributed by atoms with Gasteiger partial charge < -0.3 is 15.0 Å². The SMILES string of the molecule is CC(CC1COCCN1)N1CCCC(C)(C)C1. The number of nitrogens with one attached hydrogen (secondary N) is 1. The third kappa shape index (κ3) is 3.94. The number of hydrogen-bond acceptors (Lipinski definition) is 3. The van der Waals surface area contributed by atoms with Gasteiger partial charge in [-0.3, -0.25) is 0 Å². The Hall–Kier alpha value is -0.120. The fraction of sp³-hybridized carbons (Fsp3) is 1.00. The Balaban J connectivity index is 1.80. The zero-order chi connectivity index (χ0) is 12.3. The van der Waals surface area contributed by atoms with Gasteiger partial charge in [0.2, 0.25) is 0 Å². The standard InChI is InChI=1S/C14H28N2O/c1-12(9-13-10-17-8-6-15-13)16-7-4-5-14(2,3)11-16/h12-13,15H,4-11H2,1-3H3. The molecule has 0 aromatic rings. The van der Waals surface area contributed by atoms with Gasteiger partial charge in [-0.1, -0.05) is 13.8 Å². The maximum Gasteiger partial charge on any atom is 0.0620 e. The molecule has 0 aromatic heterocycles. The van der Waals surface area contributed by atoms with Gasteiger partial charge in [-0.2, -0.15) is 0 Å². The zero-order valence-corrected chi connectivity index (χ0v) is 11.7. The molecule has 0 aromatic carbocycles. The minimum absolute atomic E-state index is 0.503. The molecule has 3 nitrogen and oxygen atoms in total. The molecule has 0 amide bonds. The summed E-state index contributed by atoms with van der Waals surface area (Å²) in [7, 11) is 0. The number of likely N-dealkylation sites (tertiary alicyclic amines) is 1. The number of ether oxygens (including phenoxy) is 1. The summed E-state index contributed by atoms with van der Waals surface area (Å²) < 4.78 is 5.53. The van der Waals surface area contributed by atoms with Gasteiger partial charge in [0.1, 0.15) is 0 Å². The van der Waals surface area contributed by atoms with Crippen molar-refractivity contribution in [3.63, 3.8) is 0 Å². The number of hydrogen-bond donors (Lipinski definition) is 1. The maximum atomic E-state index is 5.53. The van der Waals surface area contributed by atoms with Gasteiger partial charge in [0.15, 0.2) is 0 Å². The second-order valence-corrected chi connectivity index (χ2v) is 6.55. The highest BCUT2D eigenvalue weighted by molar-refractivity contribution is 4.85. The molecule has 2 fully saturated rings. The zero-order valence-electron chi connectivity index (χ0n) is 11.7. The van der Waals surface area contributed by atoms with Crippen LogP contribution < -0.4 is 5.32 Å². The highest BCUT2D eigenvalue weighted by Gasteiger charge is 2.30. The van der Waals surface area contributed by atoms with Crippen LogP contribution >= 0.6 is 0 Å². The first-order valence-corrected chi connectivity index (χ1v) is 7.12. The predicted molar refractivity (Wildman–Crippen MR) is 71.3 cm³/mol. The van der Waals surface area contributed by atoms with Crippen molar-refractivity contribution in [2.75, 3.05) is 32.8 Å². The fourth-order valence-corrected chi connectivity index (χ4v) is 3.18. The Bertz CT molecular complexity index is 236. The molecular weight excluding hydrogens is 212 g/mol. The molecule has 0 spiro atoms. The summed E-state index contributed by atoms with van der Waals surface area (Å²) in [6.45, 7) is 12.5. The highest BCUT2D eigenvalue weighted by Crippen LogP contribution is 2.30. The molecule has 0 radical (unpaired) electrons. The third-order valence-corrected chi connectivity index (χ3v) is 4.18. The van der Waals surface area contributed by atoms with E-state index >= 15 is 0 Å². The lowest BCUT2D eigenvalue weighted by atomic mass is 9.83. The van der Waals surface area contributed by atoms with Gasteiger partial charge in [-0.15, -0.1) is 0 Å². The van der Waals surface area contributed by atoms with Crippen molar-refractivity contribution in [1.82, 2.24) is 10.2 Å². The van der Waals surface area contributed by atoms with Crippen LogP contribution in [0.4, 0.5) is 0 Å². The second-order valence-electron chi connectivity index (χ2n) is 6.55. The van der Waals surface area contributed by atoms with E-state index in [1.165, 1.54) is 32.4 Å². The van der Waals surface area contributed by atoms with Crippen LogP contribution in [-0.2, 0) is 4.74 Å². The normalized spacial score (nSPS) is 32.3. The largest absolute Gasteiger partial charge is 0.379 e. The summed E-state index contributed by atoms with van der Waals surface area (Å²) in [6.07, 6.45) is 3.95. The Labute approximate surface area is 106 Å². The van der Waals surface area contributed by atoms with Gasteiger partial charge in [0.25, 0.3) is 0 Å². The van der Waals surface area contributed by atoms with E-state index in [4.69, 9.17) is 4.74 Å². The molecule has 1 N–H and O–H groups in total.